The predicted molar refractivity (Wildman–Crippen MR) is 119 cm³/mol. The van der Waals surface area contributed by atoms with Crippen molar-refractivity contribution in [1.29, 1.82) is 0 Å². The van der Waals surface area contributed by atoms with Crippen molar-refractivity contribution in [1.82, 2.24) is 9.80 Å². The molecule has 6 N–H and O–H groups in total. The van der Waals surface area contributed by atoms with Gasteiger partial charge >= 0.3 is 0 Å². The van der Waals surface area contributed by atoms with Crippen molar-refractivity contribution >= 4 is 16.6 Å². The van der Waals surface area contributed by atoms with Crippen LogP contribution in [0.15, 0.2) is 0 Å². The Balaban J connectivity index is 4.68. The lowest BCUT2D eigenvalue weighted by molar-refractivity contribution is 0.0941. The number of nitrogens with zero attached hydrogens (tertiary/aromatic N) is 2. The van der Waals surface area contributed by atoms with Crippen molar-refractivity contribution in [2.75, 3.05) is 65.7 Å². The second-order valence-corrected chi connectivity index (χ2v) is 17.5. The van der Waals surface area contributed by atoms with E-state index in [-0.39, 0.29) is 26.4 Å². The first kappa shape index (κ1) is 29.1. The maximum absolute atomic E-state index is 10.5. The maximum Gasteiger partial charge on any atom is 0.176 e. The average Bonchev–Trinajstić information content (AvgIpc) is 2.53. The normalized spacial score (nSPS) is 15.3. The summed E-state index contributed by atoms with van der Waals surface area (Å²) in [7, 11) is -4.39. The lowest BCUT2D eigenvalue weighted by Gasteiger charge is -2.37. The Kier molecular flexibility index (Phi) is 15.0. The molecule has 29 heavy (non-hydrogen) atoms. The van der Waals surface area contributed by atoms with Crippen LogP contribution in [-0.4, -0.2) is 135 Å². The zero-order valence-electron chi connectivity index (χ0n) is 18.6. The predicted octanol–water partition coefficient (Wildman–Crippen LogP) is -1.29. The molecular formula is C18H44N2O7Si2. The third-order valence-corrected chi connectivity index (χ3v) is 11.9. The van der Waals surface area contributed by atoms with Crippen LogP contribution in [0.25, 0.3) is 0 Å². The van der Waals surface area contributed by atoms with E-state index in [1.807, 2.05) is 9.80 Å². The van der Waals surface area contributed by atoms with E-state index in [9.17, 15) is 10.2 Å². The third kappa shape index (κ3) is 14.7. The number of aliphatic hydroxyl groups is 6. The van der Waals surface area contributed by atoms with Crippen molar-refractivity contribution in [3.63, 3.8) is 0 Å². The molecular weight excluding hydrogens is 412 g/mol. The van der Waals surface area contributed by atoms with Gasteiger partial charge in [0.2, 0.25) is 0 Å². The largest absolute Gasteiger partial charge is 0.455 e. The Hall–Kier alpha value is 0.0738. The molecule has 0 aromatic rings. The molecule has 0 spiro atoms. The average molecular weight is 457 g/mol. The van der Waals surface area contributed by atoms with Gasteiger partial charge in [-0.15, -0.1) is 0 Å². The van der Waals surface area contributed by atoms with Crippen LogP contribution in [0, 0.1) is 0 Å². The third-order valence-electron chi connectivity index (χ3n) is 4.61. The van der Waals surface area contributed by atoms with E-state index >= 15 is 0 Å². The van der Waals surface area contributed by atoms with E-state index in [1.54, 1.807) is 0 Å². The molecule has 0 aliphatic heterocycles. The van der Waals surface area contributed by atoms with Gasteiger partial charge in [0.05, 0.1) is 38.6 Å². The van der Waals surface area contributed by atoms with Gasteiger partial charge < -0.3 is 34.8 Å². The Labute approximate surface area is 177 Å². The van der Waals surface area contributed by atoms with E-state index in [2.05, 4.69) is 26.2 Å². The van der Waals surface area contributed by atoms with Crippen molar-refractivity contribution in [3.8, 4) is 0 Å². The minimum atomic E-state index is -2.20. The first-order valence-corrected chi connectivity index (χ1v) is 16.7. The van der Waals surface area contributed by atoms with Crippen LogP contribution >= 0.6 is 0 Å². The fraction of sp³-hybridized carbons (Fsp3) is 1.00. The van der Waals surface area contributed by atoms with Crippen molar-refractivity contribution in [2.45, 2.75) is 50.5 Å². The minimum Gasteiger partial charge on any atom is -0.455 e. The number of hydrogen-bond acceptors (Lipinski definition) is 9. The highest BCUT2D eigenvalue weighted by molar-refractivity contribution is 6.85. The van der Waals surface area contributed by atoms with E-state index in [4.69, 9.17) is 24.5 Å². The highest BCUT2D eigenvalue weighted by atomic mass is 28.4. The highest BCUT2D eigenvalue weighted by Crippen LogP contribution is 2.24. The summed E-state index contributed by atoms with van der Waals surface area (Å²) < 4.78 is 6.49. The molecule has 0 aromatic heterocycles. The summed E-state index contributed by atoms with van der Waals surface area (Å²) in [6, 6.07) is 1.07. The summed E-state index contributed by atoms with van der Waals surface area (Å²) in [5.41, 5.74) is 0. The van der Waals surface area contributed by atoms with Crippen LogP contribution < -0.4 is 0 Å². The number of rotatable bonds is 18. The molecule has 176 valence electrons. The maximum atomic E-state index is 10.5. The van der Waals surface area contributed by atoms with Crippen molar-refractivity contribution in [3.05, 3.63) is 0 Å². The molecule has 0 fully saturated rings. The van der Waals surface area contributed by atoms with E-state index in [0.29, 0.717) is 51.4 Å². The first-order valence-electron chi connectivity index (χ1n) is 10.4. The molecule has 9 nitrogen and oxygen atoms in total. The molecule has 0 bridgehead atoms. The lowest BCUT2D eigenvalue weighted by Crippen LogP contribution is -2.50. The highest BCUT2D eigenvalue weighted by Gasteiger charge is 2.36. The molecule has 0 aliphatic rings. The summed E-state index contributed by atoms with van der Waals surface area (Å²) in [5.74, 6) is 0. The van der Waals surface area contributed by atoms with Gasteiger partial charge in [0.25, 0.3) is 0 Å². The van der Waals surface area contributed by atoms with E-state index < -0.39 is 28.8 Å². The van der Waals surface area contributed by atoms with Crippen LogP contribution in [0.4, 0.5) is 0 Å². The molecule has 0 amide bonds. The van der Waals surface area contributed by atoms with Gasteiger partial charge in [0.15, 0.2) is 16.6 Å². The fourth-order valence-corrected chi connectivity index (χ4v) is 13.0. The smallest absolute Gasteiger partial charge is 0.176 e. The molecule has 2 atom stereocenters. The Morgan fingerprint density at radius 1 is 0.621 bits per heavy atom. The van der Waals surface area contributed by atoms with Gasteiger partial charge in [-0.1, -0.05) is 0 Å². The van der Waals surface area contributed by atoms with Gasteiger partial charge in [-0.3, -0.25) is 9.80 Å². The van der Waals surface area contributed by atoms with Gasteiger partial charge in [-0.25, -0.2) is 0 Å². The quantitative estimate of drug-likeness (QED) is 0.139. The topological polar surface area (TPSA) is 137 Å². The zero-order chi connectivity index (χ0) is 22.5. The summed E-state index contributed by atoms with van der Waals surface area (Å²) in [4.78, 5) is 3.66. The van der Waals surface area contributed by atoms with Crippen LogP contribution in [0.3, 0.4) is 0 Å². The van der Waals surface area contributed by atoms with Gasteiger partial charge in [0, 0.05) is 39.3 Å². The SMILES string of the molecule is C[Si](C)(CC(O)CN(CCO)CCO)O[Si](C)(C)CC(O)CN(CCO)CCO. The number of hydrogen-bond donors (Lipinski definition) is 6. The second-order valence-electron chi connectivity index (χ2n) is 8.83. The van der Waals surface area contributed by atoms with E-state index in [0.717, 1.165) is 0 Å². The molecule has 0 heterocycles. The van der Waals surface area contributed by atoms with Crippen molar-refractivity contribution < 1.29 is 34.8 Å². The van der Waals surface area contributed by atoms with Gasteiger partial charge in [0.1, 0.15) is 0 Å². The lowest BCUT2D eigenvalue weighted by atomic mass is 10.3. The van der Waals surface area contributed by atoms with Gasteiger partial charge in [-0.2, -0.15) is 0 Å². The van der Waals surface area contributed by atoms with Crippen LogP contribution in [0.1, 0.15) is 0 Å². The zero-order valence-corrected chi connectivity index (χ0v) is 20.6. The summed E-state index contributed by atoms with van der Waals surface area (Å²) in [6.07, 6.45) is -1.21. The fourth-order valence-electron chi connectivity index (χ4n) is 3.85. The summed E-state index contributed by atoms with van der Waals surface area (Å²) in [6.45, 7) is 10.5. The molecule has 0 aliphatic carbocycles. The molecule has 0 saturated heterocycles. The molecule has 0 rings (SSSR count). The number of aliphatic hydroxyl groups excluding tert-OH is 6. The van der Waals surface area contributed by atoms with Crippen LogP contribution in [0.5, 0.6) is 0 Å². The Morgan fingerprint density at radius 3 is 1.14 bits per heavy atom. The molecule has 0 radical (unpaired) electrons. The van der Waals surface area contributed by atoms with Crippen molar-refractivity contribution in [2.24, 2.45) is 0 Å². The summed E-state index contributed by atoms with van der Waals surface area (Å²) >= 11 is 0. The molecule has 0 aromatic carbocycles. The van der Waals surface area contributed by atoms with Crippen LogP contribution in [0.2, 0.25) is 38.3 Å². The molecule has 11 heteroatoms. The van der Waals surface area contributed by atoms with Gasteiger partial charge in [-0.05, 0) is 38.3 Å². The van der Waals surface area contributed by atoms with Crippen LogP contribution in [-0.2, 0) is 4.12 Å². The summed E-state index contributed by atoms with van der Waals surface area (Å²) in [5, 5.41) is 57.4. The van der Waals surface area contributed by atoms with E-state index in [1.165, 1.54) is 0 Å². The first-order chi connectivity index (χ1) is 13.5. The molecule has 2 unspecified atom stereocenters. The monoisotopic (exact) mass is 456 g/mol. The second kappa shape index (κ2) is 15.0. The Bertz CT molecular complexity index is 372. The Morgan fingerprint density at radius 2 is 0.897 bits per heavy atom. The standard InChI is InChI=1S/C18H44N2O7Si2/c1-28(2,15-17(25)13-19(5-9-21)6-10-22)27-29(3,4)16-18(26)14-20(7-11-23)8-12-24/h17-18,21-26H,5-16H2,1-4H3. The minimum absolute atomic E-state index is 0.0224. The molecule has 0 saturated carbocycles.